The number of carbonyl (C=O) groups excluding carboxylic acids is 2. The summed E-state index contributed by atoms with van der Waals surface area (Å²) >= 11 is 6.16. The Morgan fingerprint density at radius 1 is 1.09 bits per heavy atom. The molecule has 9 heteroatoms. The average molecular weight is 482 g/mol. The Hall–Kier alpha value is -3.62. The number of ether oxygens (including phenoxy) is 3. The quantitative estimate of drug-likeness (QED) is 0.508. The number of nitrogens with one attached hydrogen (secondary N) is 1. The van der Waals surface area contributed by atoms with Crippen LogP contribution in [0.15, 0.2) is 66.9 Å². The summed E-state index contributed by atoms with van der Waals surface area (Å²) in [5, 5.41) is 3.10. The molecule has 3 aromatic rings. The van der Waals surface area contributed by atoms with E-state index in [4.69, 9.17) is 25.8 Å². The molecule has 1 aromatic heterocycles. The smallest absolute Gasteiger partial charge is 0.340 e. The van der Waals surface area contributed by atoms with E-state index in [9.17, 15) is 9.59 Å². The minimum atomic E-state index is -1.17. The Balaban J connectivity index is 1.50. The number of hydrogen-bond donors (Lipinski definition) is 1. The number of methoxy groups -OCH3 is 1. The molecule has 2 heterocycles. The van der Waals surface area contributed by atoms with Gasteiger partial charge in [-0.2, -0.15) is 0 Å². The lowest BCUT2D eigenvalue weighted by molar-refractivity contribution is -0.125. The number of aromatic nitrogens is 1. The standard InChI is InChI=1S/C25H24ClN3O5/c1-32-21-9-8-19(15-20(21)26)28-24(30)23(17-5-3-2-4-6-17)34-25(31)18-7-10-22(27-16-18)29-11-13-33-14-12-29/h2-10,15-16,23H,11-14H2,1H3,(H,28,30). The molecule has 0 bridgehead atoms. The Bertz CT molecular complexity index is 1140. The van der Waals surface area contributed by atoms with Crippen LogP contribution in [0.25, 0.3) is 0 Å². The van der Waals surface area contributed by atoms with Crippen molar-refractivity contribution < 1.29 is 23.8 Å². The summed E-state index contributed by atoms with van der Waals surface area (Å²) in [6.45, 7) is 2.75. The lowest BCUT2D eigenvalue weighted by Gasteiger charge is -2.27. The summed E-state index contributed by atoms with van der Waals surface area (Å²) in [5.74, 6) is 0.0730. The Morgan fingerprint density at radius 3 is 2.50 bits per heavy atom. The predicted octanol–water partition coefficient (Wildman–Crippen LogP) is 4.12. The molecule has 1 N–H and O–H groups in total. The van der Waals surface area contributed by atoms with Gasteiger partial charge in [0.15, 0.2) is 0 Å². The third-order valence-electron chi connectivity index (χ3n) is 5.30. The molecule has 1 amide bonds. The first kappa shape index (κ1) is 23.5. The molecule has 1 fully saturated rings. The van der Waals surface area contributed by atoms with Crippen molar-refractivity contribution in [1.29, 1.82) is 0 Å². The minimum absolute atomic E-state index is 0.248. The molecule has 0 spiro atoms. The molecule has 1 aliphatic rings. The number of nitrogens with zero attached hydrogens (tertiary/aromatic N) is 2. The van der Waals surface area contributed by atoms with Gasteiger partial charge in [-0.05, 0) is 30.3 Å². The number of morpholine rings is 1. The second-order valence-corrected chi connectivity index (χ2v) is 7.95. The summed E-state index contributed by atoms with van der Waals surface area (Å²) < 4.78 is 16.1. The molecule has 176 valence electrons. The molecule has 1 unspecified atom stereocenters. The molecule has 0 aliphatic carbocycles. The molecule has 2 aromatic carbocycles. The number of amides is 1. The number of halogens is 1. The molecule has 4 rings (SSSR count). The molecular formula is C25H24ClN3O5. The van der Waals surface area contributed by atoms with E-state index in [0.717, 1.165) is 18.9 Å². The number of anilines is 2. The fourth-order valence-corrected chi connectivity index (χ4v) is 3.77. The van der Waals surface area contributed by atoms with Crippen LogP contribution >= 0.6 is 11.6 Å². The number of pyridine rings is 1. The average Bonchev–Trinajstić information content (AvgIpc) is 2.88. The van der Waals surface area contributed by atoms with Crippen molar-refractivity contribution in [3.63, 3.8) is 0 Å². The van der Waals surface area contributed by atoms with E-state index in [1.165, 1.54) is 13.3 Å². The number of rotatable bonds is 7. The van der Waals surface area contributed by atoms with Crippen LogP contribution in [0, 0.1) is 0 Å². The van der Waals surface area contributed by atoms with Gasteiger partial charge < -0.3 is 24.4 Å². The monoisotopic (exact) mass is 481 g/mol. The third kappa shape index (κ3) is 5.65. The van der Waals surface area contributed by atoms with E-state index >= 15 is 0 Å². The molecule has 0 saturated carbocycles. The maximum absolute atomic E-state index is 13.1. The van der Waals surface area contributed by atoms with E-state index in [1.54, 1.807) is 54.6 Å². The first-order valence-corrected chi connectivity index (χ1v) is 11.1. The highest BCUT2D eigenvalue weighted by Crippen LogP contribution is 2.28. The van der Waals surface area contributed by atoms with Crippen molar-refractivity contribution in [2.45, 2.75) is 6.10 Å². The maximum atomic E-state index is 13.1. The highest BCUT2D eigenvalue weighted by Gasteiger charge is 2.26. The summed E-state index contributed by atoms with van der Waals surface area (Å²) in [7, 11) is 1.51. The van der Waals surface area contributed by atoms with Crippen LogP contribution in [-0.4, -0.2) is 50.3 Å². The van der Waals surface area contributed by atoms with Crippen LogP contribution in [0.5, 0.6) is 5.75 Å². The molecule has 8 nitrogen and oxygen atoms in total. The van der Waals surface area contributed by atoms with E-state index in [2.05, 4.69) is 15.2 Å². The summed E-state index contributed by atoms with van der Waals surface area (Å²) in [5.41, 5.74) is 1.23. The molecule has 0 radical (unpaired) electrons. The van der Waals surface area contributed by atoms with Crippen LogP contribution in [0.4, 0.5) is 11.5 Å². The first-order valence-electron chi connectivity index (χ1n) is 10.7. The summed E-state index contributed by atoms with van der Waals surface area (Å²) in [6, 6.07) is 17.1. The van der Waals surface area contributed by atoms with E-state index in [0.29, 0.717) is 35.2 Å². The van der Waals surface area contributed by atoms with Crippen molar-refractivity contribution >= 4 is 35.0 Å². The van der Waals surface area contributed by atoms with Gasteiger partial charge in [-0.3, -0.25) is 4.79 Å². The molecular weight excluding hydrogens is 458 g/mol. The van der Waals surface area contributed by atoms with Crippen LogP contribution in [-0.2, 0) is 14.3 Å². The van der Waals surface area contributed by atoms with Crippen molar-refractivity contribution in [3.8, 4) is 5.75 Å². The molecule has 34 heavy (non-hydrogen) atoms. The Labute approximate surface area is 202 Å². The van der Waals surface area contributed by atoms with Gasteiger partial charge in [-0.15, -0.1) is 0 Å². The lowest BCUT2D eigenvalue weighted by Crippen LogP contribution is -2.36. The zero-order valence-electron chi connectivity index (χ0n) is 18.6. The number of hydrogen-bond acceptors (Lipinski definition) is 7. The Morgan fingerprint density at radius 2 is 1.85 bits per heavy atom. The second-order valence-electron chi connectivity index (χ2n) is 7.54. The summed E-state index contributed by atoms with van der Waals surface area (Å²) in [4.78, 5) is 32.5. The van der Waals surface area contributed by atoms with Gasteiger partial charge in [-0.25, -0.2) is 9.78 Å². The highest BCUT2D eigenvalue weighted by molar-refractivity contribution is 6.32. The van der Waals surface area contributed by atoms with Gasteiger partial charge in [-0.1, -0.05) is 41.9 Å². The molecule has 1 saturated heterocycles. The molecule has 1 aliphatic heterocycles. The van der Waals surface area contributed by atoms with Gasteiger partial charge in [0.25, 0.3) is 5.91 Å². The van der Waals surface area contributed by atoms with Crippen LogP contribution < -0.4 is 15.0 Å². The van der Waals surface area contributed by atoms with E-state index in [-0.39, 0.29) is 5.56 Å². The zero-order chi connectivity index (χ0) is 23.9. The normalized spacial score (nSPS) is 14.2. The van der Waals surface area contributed by atoms with E-state index < -0.39 is 18.0 Å². The zero-order valence-corrected chi connectivity index (χ0v) is 19.3. The van der Waals surface area contributed by atoms with Crippen molar-refractivity contribution in [2.75, 3.05) is 43.6 Å². The second kappa shape index (κ2) is 11.0. The third-order valence-corrected chi connectivity index (χ3v) is 5.60. The first-order chi connectivity index (χ1) is 16.5. The summed E-state index contributed by atoms with van der Waals surface area (Å²) in [6.07, 6.45) is 0.282. The topological polar surface area (TPSA) is 90.0 Å². The van der Waals surface area contributed by atoms with Crippen molar-refractivity contribution in [1.82, 2.24) is 4.98 Å². The lowest BCUT2D eigenvalue weighted by atomic mass is 10.1. The van der Waals surface area contributed by atoms with Gasteiger partial charge in [0.05, 0.1) is 30.9 Å². The van der Waals surface area contributed by atoms with Crippen LogP contribution in [0.1, 0.15) is 22.0 Å². The number of carbonyl (C=O) groups is 2. The van der Waals surface area contributed by atoms with Gasteiger partial charge in [0.1, 0.15) is 11.6 Å². The van der Waals surface area contributed by atoms with Crippen molar-refractivity contribution in [3.05, 3.63) is 83.0 Å². The van der Waals surface area contributed by atoms with E-state index in [1.807, 2.05) is 6.07 Å². The predicted molar refractivity (Wildman–Crippen MR) is 129 cm³/mol. The molecule has 1 atom stereocenters. The number of benzene rings is 2. The minimum Gasteiger partial charge on any atom is -0.495 e. The number of esters is 1. The Kier molecular flexibility index (Phi) is 7.61. The van der Waals surface area contributed by atoms with Gasteiger partial charge in [0.2, 0.25) is 6.10 Å². The fourth-order valence-electron chi connectivity index (χ4n) is 3.51. The van der Waals surface area contributed by atoms with Gasteiger partial charge in [0, 0.05) is 30.5 Å². The SMILES string of the molecule is COc1ccc(NC(=O)C(OC(=O)c2ccc(N3CCOCC3)nc2)c2ccccc2)cc1Cl. The maximum Gasteiger partial charge on any atom is 0.340 e. The van der Waals surface area contributed by atoms with Crippen LogP contribution in [0.2, 0.25) is 5.02 Å². The van der Waals surface area contributed by atoms with Crippen LogP contribution in [0.3, 0.4) is 0 Å². The van der Waals surface area contributed by atoms with Gasteiger partial charge >= 0.3 is 5.97 Å². The van der Waals surface area contributed by atoms with Crippen molar-refractivity contribution in [2.24, 2.45) is 0 Å². The highest BCUT2D eigenvalue weighted by atomic mass is 35.5. The largest absolute Gasteiger partial charge is 0.495 e. The fraction of sp³-hybridized carbons (Fsp3) is 0.240.